The minimum Gasteiger partial charge on any atom is -0.314 e. The van der Waals surface area contributed by atoms with Crippen LogP contribution in [0.1, 0.15) is 57.8 Å². The van der Waals surface area contributed by atoms with Gasteiger partial charge in [0.25, 0.3) is 0 Å². The quantitative estimate of drug-likeness (QED) is 0.780. The first-order valence-electron chi connectivity index (χ1n) is 6.77. The van der Waals surface area contributed by atoms with Crippen LogP contribution < -0.4 is 5.32 Å². The summed E-state index contributed by atoms with van der Waals surface area (Å²) in [6.07, 6.45) is 7.96. The van der Waals surface area contributed by atoms with E-state index >= 15 is 0 Å². The van der Waals surface area contributed by atoms with E-state index in [2.05, 4.69) is 5.32 Å². The topological polar surface area (TPSA) is 12.0 Å². The Kier molecular flexibility index (Phi) is 4.17. The minimum atomic E-state index is -2.36. The Morgan fingerprint density at radius 1 is 1.00 bits per heavy atom. The predicted octanol–water partition coefficient (Wildman–Crippen LogP) is 3.73. The zero-order valence-electron chi connectivity index (χ0n) is 9.98. The predicted molar refractivity (Wildman–Crippen MR) is 61.8 cm³/mol. The Hall–Kier alpha value is -0.180. The molecule has 1 unspecified atom stereocenters. The van der Waals surface area contributed by atoms with E-state index in [0.717, 1.165) is 25.8 Å². The van der Waals surface area contributed by atoms with Crippen LogP contribution in [0.15, 0.2) is 0 Å². The van der Waals surface area contributed by atoms with Gasteiger partial charge < -0.3 is 5.32 Å². The molecule has 3 heteroatoms. The first kappa shape index (κ1) is 12.3. The lowest BCUT2D eigenvalue weighted by atomic mass is 9.82. The van der Waals surface area contributed by atoms with E-state index in [1.165, 1.54) is 25.7 Å². The summed E-state index contributed by atoms with van der Waals surface area (Å²) in [7, 11) is 0. The summed E-state index contributed by atoms with van der Waals surface area (Å²) >= 11 is 0. The van der Waals surface area contributed by atoms with E-state index in [4.69, 9.17) is 0 Å². The molecule has 1 saturated heterocycles. The second-order valence-corrected chi connectivity index (χ2v) is 5.52. The SMILES string of the molecule is FC1(F)CCC(CCC2CCCCN2)CC1. The van der Waals surface area contributed by atoms with Crippen molar-refractivity contribution in [3.05, 3.63) is 0 Å². The van der Waals surface area contributed by atoms with Gasteiger partial charge in [-0.05, 0) is 51.0 Å². The van der Waals surface area contributed by atoms with Crippen LogP contribution in [0.5, 0.6) is 0 Å². The third-order valence-electron chi connectivity index (χ3n) is 4.17. The first-order valence-corrected chi connectivity index (χ1v) is 6.77. The van der Waals surface area contributed by atoms with Gasteiger partial charge in [0.05, 0.1) is 0 Å². The monoisotopic (exact) mass is 231 g/mol. The smallest absolute Gasteiger partial charge is 0.248 e. The summed E-state index contributed by atoms with van der Waals surface area (Å²) in [5.41, 5.74) is 0. The lowest BCUT2D eigenvalue weighted by Crippen LogP contribution is -2.34. The molecule has 1 heterocycles. The maximum atomic E-state index is 13.0. The van der Waals surface area contributed by atoms with E-state index in [1.54, 1.807) is 0 Å². The van der Waals surface area contributed by atoms with Crippen LogP contribution in [0.3, 0.4) is 0 Å². The molecule has 0 aromatic carbocycles. The Morgan fingerprint density at radius 3 is 2.38 bits per heavy atom. The number of nitrogens with one attached hydrogen (secondary N) is 1. The zero-order valence-corrected chi connectivity index (χ0v) is 9.98. The molecule has 0 radical (unpaired) electrons. The Balaban J connectivity index is 1.63. The highest BCUT2D eigenvalue weighted by Crippen LogP contribution is 2.38. The molecule has 1 aliphatic carbocycles. The van der Waals surface area contributed by atoms with Crippen molar-refractivity contribution in [3.63, 3.8) is 0 Å². The average molecular weight is 231 g/mol. The second-order valence-electron chi connectivity index (χ2n) is 5.52. The molecular weight excluding hydrogens is 208 g/mol. The molecule has 1 N–H and O–H groups in total. The van der Waals surface area contributed by atoms with Gasteiger partial charge in [0.2, 0.25) is 5.92 Å². The highest BCUT2D eigenvalue weighted by molar-refractivity contribution is 4.79. The molecule has 1 saturated carbocycles. The van der Waals surface area contributed by atoms with Crippen molar-refractivity contribution in [1.82, 2.24) is 5.32 Å². The van der Waals surface area contributed by atoms with Gasteiger partial charge in [0, 0.05) is 18.9 Å². The molecule has 2 rings (SSSR count). The zero-order chi connectivity index (χ0) is 11.4. The molecule has 94 valence electrons. The number of hydrogen-bond acceptors (Lipinski definition) is 1. The number of piperidine rings is 1. The van der Waals surface area contributed by atoms with Crippen LogP contribution in [0.4, 0.5) is 8.78 Å². The van der Waals surface area contributed by atoms with Gasteiger partial charge >= 0.3 is 0 Å². The fourth-order valence-corrected chi connectivity index (χ4v) is 3.00. The largest absolute Gasteiger partial charge is 0.314 e. The van der Waals surface area contributed by atoms with E-state index in [0.29, 0.717) is 12.0 Å². The third-order valence-corrected chi connectivity index (χ3v) is 4.17. The normalized spacial score (nSPS) is 31.5. The molecule has 0 aromatic heterocycles. The molecule has 2 fully saturated rings. The fraction of sp³-hybridized carbons (Fsp3) is 1.00. The molecule has 0 bridgehead atoms. The van der Waals surface area contributed by atoms with Crippen LogP contribution in [-0.4, -0.2) is 18.5 Å². The number of rotatable bonds is 3. The molecule has 1 nitrogen and oxygen atoms in total. The summed E-state index contributed by atoms with van der Waals surface area (Å²) in [6.45, 7) is 1.15. The van der Waals surface area contributed by atoms with Crippen molar-refractivity contribution in [2.45, 2.75) is 69.8 Å². The number of alkyl halides is 2. The van der Waals surface area contributed by atoms with Crippen molar-refractivity contribution in [2.24, 2.45) is 5.92 Å². The van der Waals surface area contributed by atoms with Crippen molar-refractivity contribution >= 4 is 0 Å². The molecular formula is C13H23F2N. The second kappa shape index (κ2) is 5.44. The first-order chi connectivity index (χ1) is 7.66. The van der Waals surface area contributed by atoms with Crippen molar-refractivity contribution in [1.29, 1.82) is 0 Å². The molecule has 2 aliphatic rings. The number of halogens is 2. The van der Waals surface area contributed by atoms with Gasteiger partial charge in [-0.3, -0.25) is 0 Å². The van der Waals surface area contributed by atoms with E-state index in [9.17, 15) is 8.78 Å². The third kappa shape index (κ3) is 3.69. The summed E-state index contributed by atoms with van der Waals surface area (Å²) in [5.74, 6) is -1.80. The van der Waals surface area contributed by atoms with Crippen LogP contribution in [0.2, 0.25) is 0 Å². The van der Waals surface area contributed by atoms with E-state index in [-0.39, 0.29) is 12.8 Å². The van der Waals surface area contributed by atoms with Crippen molar-refractivity contribution < 1.29 is 8.78 Å². The maximum Gasteiger partial charge on any atom is 0.248 e. The van der Waals surface area contributed by atoms with Crippen molar-refractivity contribution in [2.75, 3.05) is 6.54 Å². The van der Waals surface area contributed by atoms with Gasteiger partial charge in [0.15, 0.2) is 0 Å². The van der Waals surface area contributed by atoms with Crippen LogP contribution in [0, 0.1) is 5.92 Å². The van der Waals surface area contributed by atoms with Crippen LogP contribution in [-0.2, 0) is 0 Å². The average Bonchev–Trinajstić information content (AvgIpc) is 2.29. The fourth-order valence-electron chi connectivity index (χ4n) is 3.00. The molecule has 0 spiro atoms. The molecule has 0 aromatic rings. The van der Waals surface area contributed by atoms with Gasteiger partial charge in [-0.25, -0.2) is 8.78 Å². The maximum absolute atomic E-state index is 13.0. The van der Waals surface area contributed by atoms with E-state index in [1.807, 2.05) is 0 Å². The van der Waals surface area contributed by atoms with Gasteiger partial charge in [-0.15, -0.1) is 0 Å². The van der Waals surface area contributed by atoms with Gasteiger partial charge in [-0.1, -0.05) is 6.42 Å². The standard InChI is InChI=1S/C13H23F2N/c14-13(15)8-6-11(7-9-13)4-5-12-3-1-2-10-16-12/h11-12,16H,1-10H2. The summed E-state index contributed by atoms with van der Waals surface area (Å²) in [6, 6.07) is 0.663. The van der Waals surface area contributed by atoms with Crippen LogP contribution >= 0.6 is 0 Å². The van der Waals surface area contributed by atoms with E-state index < -0.39 is 5.92 Å². The molecule has 1 atom stereocenters. The van der Waals surface area contributed by atoms with Crippen LogP contribution in [0.25, 0.3) is 0 Å². The summed E-state index contributed by atoms with van der Waals surface area (Å²) in [5, 5.41) is 3.53. The Labute approximate surface area is 97.0 Å². The Bertz CT molecular complexity index is 202. The summed E-state index contributed by atoms with van der Waals surface area (Å²) < 4.78 is 25.9. The Morgan fingerprint density at radius 2 is 1.75 bits per heavy atom. The minimum absolute atomic E-state index is 0.121. The lowest BCUT2D eigenvalue weighted by molar-refractivity contribution is -0.0468. The molecule has 0 amide bonds. The van der Waals surface area contributed by atoms with Gasteiger partial charge in [0.1, 0.15) is 0 Å². The molecule has 1 aliphatic heterocycles. The highest BCUT2D eigenvalue weighted by Gasteiger charge is 2.34. The molecule has 16 heavy (non-hydrogen) atoms. The lowest BCUT2D eigenvalue weighted by Gasteiger charge is -2.30. The van der Waals surface area contributed by atoms with Gasteiger partial charge in [-0.2, -0.15) is 0 Å². The van der Waals surface area contributed by atoms with Crippen molar-refractivity contribution in [3.8, 4) is 0 Å². The number of hydrogen-bond donors (Lipinski definition) is 1. The summed E-state index contributed by atoms with van der Waals surface area (Å²) in [4.78, 5) is 0. The highest BCUT2D eigenvalue weighted by atomic mass is 19.3.